The normalized spacial score (nSPS) is 10.4. The van der Waals surface area contributed by atoms with Crippen LogP contribution in [-0.4, -0.2) is 20.9 Å². The van der Waals surface area contributed by atoms with Crippen molar-refractivity contribution in [2.75, 3.05) is 5.73 Å². The topological polar surface area (TPSA) is 81.1 Å². The van der Waals surface area contributed by atoms with Gasteiger partial charge in [0.25, 0.3) is 0 Å². The molecule has 0 bridgehead atoms. The summed E-state index contributed by atoms with van der Waals surface area (Å²) in [6, 6.07) is 7.23. The van der Waals surface area contributed by atoms with E-state index in [1.807, 2.05) is 12.1 Å². The van der Waals surface area contributed by atoms with Crippen LogP contribution in [0.1, 0.15) is 15.9 Å². The first-order valence-electron chi connectivity index (χ1n) is 4.87. The summed E-state index contributed by atoms with van der Waals surface area (Å²) >= 11 is 5.77. The number of rotatable bonds is 3. The quantitative estimate of drug-likeness (QED) is 0.873. The summed E-state index contributed by atoms with van der Waals surface area (Å²) in [5.41, 5.74) is 6.47. The molecule has 6 heteroatoms. The van der Waals surface area contributed by atoms with Crippen LogP contribution in [0.4, 0.5) is 5.82 Å². The van der Waals surface area contributed by atoms with Gasteiger partial charge >= 0.3 is 5.97 Å². The highest BCUT2D eigenvalue weighted by atomic mass is 35.5. The van der Waals surface area contributed by atoms with Gasteiger partial charge < -0.3 is 10.8 Å². The van der Waals surface area contributed by atoms with Crippen molar-refractivity contribution < 1.29 is 9.90 Å². The van der Waals surface area contributed by atoms with Crippen molar-refractivity contribution >= 4 is 23.4 Å². The lowest BCUT2D eigenvalue weighted by Crippen LogP contribution is -2.00. The molecule has 0 saturated heterocycles. The molecule has 0 aliphatic rings. The van der Waals surface area contributed by atoms with Gasteiger partial charge in [-0.3, -0.25) is 4.68 Å². The smallest absolute Gasteiger partial charge is 0.341 e. The highest BCUT2D eigenvalue weighted by Crippen LogP contribution is 2.13. The molecule has 0 amide bonds. The third kappa shape index (κ3) is 2.57. The highest BCUT2D eigenvalue weighted by Gasteiger charge is 2.12. The number of carbonyl (C=O) groups is 1. The molecule has 0 aliphatic carbocycles. The van der Waals surface area contributed by atoms with Crippen LogP contribution in [0.3, 0.4) is 0 Å². The lowest BCUT2D eigenvalue weighted by Gasteiger charge is -2.01. The molecule has 1 aromatic carbocycles. The number of nitrogen functional groups attached to an aromatic ring is 1. The number of nitrogens with zero attached hydrogens (tertiary/aromatic N) is 2. The summed E-state index contributed by atoms with van der Waals surface area (Å²) in [7, 11) is 0. The molecule has 2 rings (SSSR count). The van der Waals surface area contributed by atoms with E-state index in [4.69, 9.17) is 22.4 Å². The molecule has 2 aromatic rings. The highest BCUT2D eigenvalue weighted by molar-refractivity contribution is 6.30. The Hall–Kier alpha value is -2.01. The van der Waals surface area contributed by atoms with Crippen molar-refractivity contribution in [2.24, 2.45) is 0 Å². The minimum atomic E-state index is -1.08. The first-order valence-corrected chi connectivity index (χ1v) is 5.24. The Morgan fingerprint density at radius 2 is 2.06 bits per heavy atom. The van der Waals surface area contributed by atoms with E-state index in [-0.39, 0.29) is 11.4 Å². The van der Waals surface area contributed by atoms with Gasteiger partial charge in [-0.2, -0.15) is 5.10 Å². The second-order valence-corrected chi connectivity index (χ2v) is 3.99. The van der Waals surface area contributed by atoms with Crippen LogP contribution in [0.5, 0.6) is 0 Å². The van der Waals surface area contributed by atoms with E-state index < -0.39 is 5.97 Å². The third-order valence-corrected chi connectivity index (χ3v) is 2.53. The molecule has 1 aromatic heterocycles. The van der Waals surface area contributed by atoms with Crippen molar-refractivity contribution in [1.29, 1.82) is 0 Å². The molecule has 88 valence electrons. The van der Waals surface area contributed by atoms with Gasteiger partial charge in [0.1, 0.15) is 5.56 Å². The van der Waals surface area contributed by atoms with E-state index in [0.29, 0.717) is 11.6 Å². The van der Waals surface area contributed by atoms with Gasteiger partial charge in [0.05, 0.1) is 6.54 Å². The summed E-state index contributed by atoms with van der Waals surface area (Å²) in [6.07, 6.45) is 1.41. The number of hydrogen-bond acceptors (Lipinski definition) is 3. The molecule has 0 aliphatic heterocycles. The van der Waals surface area contributed by atoms with E-state index >= 15 is 0 Å². The maximum atomic E-state index is 10.8. The molecule has 0 radical (unpaired) electrons. The van der Waals surface area contributed by atoms with Crippen molar-refractivity contribution in [2.45, 2.75) is 6.54 Å². The molecule has 0 fully saturated rings. The molecule has 0 saturated carbocycles. The SMILES string of the molecule is Nc1nn(Cc2ccc(Cl)cc2)cc1C(=O)O. The molecule has 0 spiro atoms. The standard InChI is InChI=1S/C11H10ClN3O2/c12-8-3-1-7(2-4-8)5-15-6-9(11(16)17)10(13)14-15/h1-4,6H,5H2,(H2,13,14)(H,16,17). The summed E-state index contributed by atoms with van der Waals surface area (Å²) in [4.78, 5) is 10.8. The Morgan fingerprint density at radius 3 is 2.59 bits per heavy atom. The minimum Gasteiger partial charge on any atom is -0.477 e. The Morgan fingerprint density at radius 1 is 1.41 bits per heavy atom. The van der Waals surface area contributed by atoms with E-state index in [0.717, 1.165) is 5.56 Å². The van der Waals surface area contributed by atoms with Crippen LogP contribution in [0.15, 0.2) is 30.5 Å². The zero-order valence-corrected chi connectivity index (χ0v) is 9.55. The second-order valence-electron chi connectivity index (χ2n) is 3.56. The number of carboxylic acid groups (broad SMARTS) is 1. The number of halogens is 1. The first-order chi connectivity index (χ1) is 8.06. The van der Waals surface area contributed by atoms with Gasteiger partial charge in [-0.1, -0.05) is 23.7 Å². The summed E-state index contributed by atoms with van der Waals surface area (Å²) in [5.74, 6) is -1.06. The zero-order valence-electron chi connectivity index (χ0n) is 8.80. The van der Waals surface area contributed by atoms with Gasteiger partial charge in [-0.15, -0.1) is 0 Å². The number of aromatic carboxylic acids is 1. The lowest BCUT2D eigenvalue weighted by molar-refractivity contribution is 0.0698. The van der Waals surface area contributed by atoms with Crippen LogP contribution in [-0.2, 0) is 6.54 Å². The Kier molecular flexibility index (Phi) is 3.01. The van der Waals surface area contributed by atoms with Crippen molar-refractivity contribution in [3.63, 3.8) is 0 Å². The number of anilines is 1. The van der Waals surface area contributed by atoms with E-state index in [1.165, 1.54) is 10.9 Å². The van der Waals surface area contributed by atoms with Crippen LogP contribution in [0.2, 0.25) is 5.02 Å². The summed E-state index contributed by atoms with van der Waals surface area (Å²) in [5, 5.41) is 13.4. The molecule has 1 heterocycles. The maximum absolute atomic E-state index is 10.8. The minimum absolute atomic E-state index is 0.0129. The fraction of sp³-hybridized carbons (Fsp3) is 0.0909. The van der Waals surface area contributed by atoms with Crippen LogP contribution < -0.4 is 5.73 Å². The van der Waals surface area contributed by atoms with Crippen LogP contribution >= 0.6 is 11.6 Å². The largest absolute Gasteiger partial charge is 0.477 e. The van der Waals surface area contributed by atoms with E-state index in [2.05, 4.69) is 5.10 Å². The average molecular weight is 252 g/mol. The Balaban J connectivity index is 2.22. The zero-order chi connectivity index (χ0) is 12.4. The van der Waals surface area contributed by atoms with Gasteiger partial charge in [0.2, 0.25) is 0 Å². The first kappa shape index (κ1) is 11.5. The van der Waals surface area contributed by atoms with Crippen molar-refractivity contribution in [3.8, 4) is 0 Å². The number of aromatic nitrogens is 2. The fourth-order valence-electron chi connectivity index (χ4n) is 1.46. The summed E-state index contributed by atoms with van der Waals surface area (Å²) in [6.45, 7) is 0.453. The predicted molar refractivity (Wildman–Crippen MR) is 64.2 cm³/mol. The molecule has 0 atom stereocenters. The number of carboxylic acids is 1. The third-order valence-electron chi connectivity index (χ3n) is 2.28. The maximum Gasteiger partial charge on any atom is 0.341 e. The second kappa shape index (κ2) is 4.47. The van der Waals surface area contributed by atoms with Crippen LogP contribution in [0, 0.1) is 0 Å². The van der Waals surface area contributed by atoms with Gasteiger partial charge in [0.15, 0.2) is 5.82 Å². The number of nitrogens with two attached hydrogens (primary N) is 1. The Bertz CT molecular complexity index is 548. The number of benzene rings is 1. The molecular weight excluding hydrogens is 242 g/mol. The predicted octanol–water partition coefficient (Wildman–Crippen LogP) is 1.87. The van der Waals surface area contributed by atoms with Crippen molar-refractivity contribution in [3.05, 3.63) is 46.6 Å². The molecule has 0 unspecified atom stereocenters. The monoisotopic (exact) mass is 251 g/mol. The summed E-state index contributed by atoms with van der Waals surface area (Å²) < 4.78 is 1.49. The van der Waals surface area contributed by atoms with Gasteiger partial charge in [-0.25, -0.2) is 4.79 Å². The molecular formula is C11H10ClN3O2. The van der Waals surface area contributed by atoms with Gasteiger partial charge in [0, 0.05) is 11.2 Å². The molecule has 3 N–H and O–H groups in total. The molecule has 5 nitrogen and oxygen atoms in total. The van der Waals surface area contributed by atoms with E-state index in [1.54, 1.807) is 12.1 Å². The van der Waals surface area contributed by atoms with Gasteiger partial charge in [-0.05, 0) is 17.7 Å². The molecule has 17 heavy (non-hydrogen) atoms. The fourth-order valence-corrected chi connectivity index (χ4v) is 1.58. The van der Waals surface area contributed by atoms with Crippen molar-refractivity contribution in [1.82, 2.24) is 9.78 Å². The lowest BCUT2D eigenvalue weighted by atomic mass is 10.2. The number of hydrogen-bond donors (Lipinski definition) is 2. The average Bonchev–Trinajstić information content (AvgIpc) is 2.63. The van der Waals surface area contributed by atoms with E-state index in [9.17, 15) is 4.79 Å². The Labute approximate surface area is 102 Å². The van der Waals surface area contributed by atoms with Crippen LogP contribution in [0.25, 0.3) is 0 Å².